The van der Waals surface area contributed by atoms with Crippen molar-refractivity contribution in [2.75, 3.05) is 10.2 Å². The van der Waals surface area contributed by atoms with Crippen LogP contribution in [0.15, 0.2) is 82.6 Å². The minimum atomic E-state index is -0.778. The lowest BCUT2D eigenvalue weighted by Gasteiger charge is -2.30. The van der Waals surface area contributed by atoms with E-state index in [1.165, 1.54) is 15.5 Å². The number of nitrogens with one attached hydrogen (secondary N) is 1. The van der Waals surface area contributed by atoms with E-state index >= 15 is 0 Å². The van der Waals surface area contributed by atoms with Crippen molar-refractivity contribution in [3.8, 4) is 0 Å². The van der Waals surface area contributed by atoms with Gasteiger partial charge in [-0.1, -0.05) is 88.2 Å². The van der Waals surface area contributed by atoms with Gasteiger partial charge in [-0.05, 0) is 48.0 Å². The van der Waals surface area contributed by atoms with Crippen molar-refractivity contribution in [2.45, 2.75) is 22.7 Å². The number of hydrogen-bond acceptors (Lipinski definition) is 6. The number of imide groups is 1. The SMILES string of the molecule is O=C(Cn1c2c(sc1=O)C(c1ccccc1)C1C(=O)N(c3ccc(Cl)cc3)C(=O)C1S2)Nc1ccc(Cl)c(Cl)c1. The molecule has 1 aromatic heterocycles. The number of carbonyl (C=O) groups excluding carboxylic acids is 3. The highest BCUT2D eigenvalue weighted by atomic mass is 35.5. The molecule has 1 saturated heterocycles. The molecule has 202 valence electrons. The zero-order valence-electron chi connectivity index (χ0n) is 20.3. The van der Waals surface area contributed by atoms with Crippen LogP contribution in [0.1, 0.15) is 16.4 Å². The van der Waals surface area contributed by atoms with Crippen LogP contribution >= 0.6 is 57.9 Å². The monoisotopic (exact) mass is 629 g/mol. The van der Waals surface area contributed by atoms with Crippen molar-refractivity contribution in [1.29, 1.82) is 0 Å². The number of hydrogen-bond donors (Lipinski definition) is 1. The average Bonchev–Trinajstić information content (AvgIpc) is 3.38. The summed E-state index contributed by atoms with van der Waals surface area (Å²) < 4.78 is 1.37. The molecule has 0 saturated carbocycles. The summed E-state index contributed by atoms with van der Waals surface area (Å²) in [6.07, 6.45) is 0. The molecule has 0 aliphatic carbocycles. The molecule has 2 aliphatic heterocycles. The van der Waals surface area contributed by atoms with Gasteiger partial charge in [-0.2, -0.15) is 0 Å². The molecule has 0 spiro atoms. The second-order valence-electron chi connectivity index (χ2n) is 9.24. The van der Waals surface area contributed by atoms with Gasteiger partial charge in [-0.15, -0.1) is 0 Å². The number of fused-ring (bicyclic) bond motifs is 2. The van der Waals surface area contributed by atoms with E-state index in [0.29, 0.717) is 31.3 Å². The first kappa shape index (κ1) is 27.1. The van der Waals surface area contributed by atoms with E-state index < -0.39 is 23.0 Å². The molecule has 3 unspecified atom stereocenters. The van der Waals surface area contributed by atoms with Gasteiger partial charge >= 0.3 is 4.87 Å². The Morgan fingerprint density at radius 2 is 1.60 bits per heavy atom. The molecular weight excluding hydrogens is 613 g/mol. The number of carbonyl (C=O) groups is 3. The van der Waals surface area contributed by atoms with Gasteiger partial charge in [0.1, 0.15) is 11.8 Å². The van der Waals surface area contributed by atoms with Crippen molar-refractivity contribution < 1.29 is 14.4 Å². The van der Waals surface area contributed by atoms with Crippen LogP contribution < -0.4 is 15.1 Å². The first-order valence-electron chi connectivity index (χ1n) is 12.1. The Morgan fingerprint density at radius 1 is 0.875 bits per heavy atom. The van der Waals surface area contributed by atoms with Crippen LogP contribution in [0.2, 0.25) is 15.1 Å². The highest BCUT2D eigenvalue weighted by Gasteiger charge is 2.56. The van der Waals surface area contributed by atoms with Crippen LogP contribution in [0, 0.1) is 5.92 Å². The molecule has 0 bridgehead atoms. The number of thiazole rings is 1. The zero-order valence-corrected chi connectivity index (χ0v) is 24.2. The summed E-state index contributed by atoms with van der Waals surface area (Å²) in [6, 6.07) is 20.6. The fraction of sp³-hybridized carbons (Fsp3) is 0.143. The fourth-order valence-corrected chi connectivity index (χ4v) is 8.23. The van der Waals surface area contributed by atoms with E-state index in [0.717, 1.165) is 28.7 Å². The van der Waals surface area contributed by atoms with E-state index in [1.54, 1.807) is 36.4 Å². The lowest BCUT2D eigenvalue weighted by atomic mass is 9.83. The first-order chi connectivity index (χ1) is 19.2. The lowest BCUT2D eigenvalue weighted by Crippen LogP contribution is -2.33. The molecule has 3 heterocycles. The predicted octanol–water partition coefficient (Wildman–Crippen LogP) is 6.30. The molecule has 4 aromatic rings. The fourth-order valence-electron chi connectivity index (χ4n) is 5.04. The van der Waals surface area contributed by atoms with E-state index in [4.69, 9.17) is 34.8 Å². The van der Waals surface area contributed by atoms with E-state index in [9.17, 15) is 19.2 Å². The molecule has 2 aliphatic rings. The zero-order chi connectivity index (χ0) is 28.1. The topological polar surface area (TPSA) is 88.5 Å². The van der Waals surface area contributed by atoms with Gasteiger partial charge in [-0.3, -0.25) is 23.7 Å². The first-order valence-corrected chi connectivity index (χ1v) is 14.9. The third-order valence-electron chi connectivity index (χ3n) is 6.80. The number of halogens is 3. The second-order valence-corrected chi connectivity index (χ2v) is 12.6. The number of anilines is 2. The number of amides is 3. The Morgan fingerprint density at radius 3 is 2.30 bits per heavy atom. The lowest BCUT2D eigenvalue weighted by molar-refractivity contribution is -0.122. The quantitative estimate of drug-likeness (QED) is 0.261. The molecule has 3 amide bonds. The molecule has 12 heteroatoms. The summed E-state index contributed by atoms with van der Waals surface area (Å²) in [6.45, 7) is -0.278. The average molecular weight is 631 g/mol. The Labute approximate surface area is 251 Å². The van der Waals surface area contributed by atoms with Crippen molar-refractivity contribution in [1.82, 2.24) is 4.57 Å². The van der Waals surface area contributed by atoms with Gasteiger partial charge < -0.3 is 5.32 Å². The van der Waals surface area contributed by atoms with Crippen molar-refractivity contribution in [3.05, 3.63) is 108 Å². The summed E-state index contributed by atoms with van der Waals surface area (Å²) in [4.78, 5) is 55.3. The number of nitrogens with zero attached hydrogens (tertiary/aromatic N) is 2. The maximum Gasteiger partial charge on any atom is 0.308 e. The van der Waals surface area contributed by atoms with Crippen LogP contribution in [0.4, 0.5) is 11.4 Å². The van der Waals surface area contributed by atoms with Gasteiger partial charge in [0.15, 0.2) is 0 Å². The molecule has 7 nitrogen and oxygen atoms in total. The van der Waals surface area contributed by atoms with Gasteiger partial charge in [-0.25, -0.2) is 4.90 Å². The third-order valence-corrected chi connectivity index (χ3v) is 10.4. The number of thioether (sulfide) groups is 1. The van der Waals surface area contributed by atoms with Gasteiger partial charge in [0.05, 0.1) is 26.7 Å². The summed E-state index contributed by atoms with van der Waals surface area (Å²) >= 11 is 20.2. The summed E-state index contributed by atoms with van der Waals surface area (Å²) in [5.74, 6) is -2.42. The Kier molecular flexibility index (Phi) is 7.27. The van der Waals surface area contributed by atoms with Crippen LogP contribution in [0.25, 0.3) is 0 Å². The molecule has 3 atom stereocenters. The smallest absolute Gasteiger partial charge is 0.308 e. The van der Waals surface area contributed by atoms with E-state index in [2.05, 4.69) is 5.32 Å². The maximum atomic E-state index is 13.8. The van der Waals surface area contributed by atoms with Crippen LogP contribution in [-0.4, -0.2) is 27.5 Å². The Bertz CT molecular complexity index is 1720. The second kappa shape index (κ2) is 10.7. The van der Waals surface area contributed by atoms with Crippen molar-refractivity contribution >= 4 is 87.0 Å². The normalized spacial score (nSPS) is 19.9. The standard InChI is InChI=1S/C28H18Cl3N3O4S2/c29-15-6-9-17(10-7-15)34-25(36)22-21(14-4-2-1-3-5-14)24-27(39-23(22)26(34)37)33(28(38)40-24)13-20(35)32-16-8-11-18(30)19(31)12-16/h1-12,21-23H,13H2,(H,32,35). The number of rotatable bonds is 5. The van der Waals surface area contributed by atoms with Crippen LogP contribution in [-0.2, 0) is 20.9 Å². The summed E-state index contributed by atoms with van der Waals surface area (Å²) in [5, 5.41) is 3.59. The largest absolute Gasteiger partial charge is 0.324 e. The molecule has 3 aromatic carbocycles. The molecular formula is C28H18Cl3N3O4S2. The van der Waals surface area contributed by atoms with Gasteiger partial charge in [0, 0.05) is 21.5 Å². The Hall–Kier alpha value is -3.08. The van der Waals surface area contributed by atoms with Crippen molar-refractivity contribution in [2.24, 2.45) is 5.92 Å². The molecule has 1 fully saturated rings. The van der Waals surface area contributed by atoms with E-state index in [1.807, 2.05) is 30.3 Å². The summed E-state index contributed by atoms with van der Waals surface area (Å²) in [5.41, 5.74) is 1.68. The minimum absolute atomic E-state index is 0.278. The highest BCUT2D eigenvalue weighted by molar-refractivity contribution is 8.00. The minimum Gasteiger partial charge on any atom is -0.324 e. The van der Waals surface area contributed by atoms with Crippen LogP contribution in [0.3, 0.4) is 0 Å². The van der Waals surface area contributed by atoms with Gasteiger partial charge in [0.25, 0.3) is 0 Å². The third kappa shape index (κ3) is 4.76. The van der Waals surface area contributed by atoms with Crippen LogP contribution in [0.5, 0.6) is 0 Å². The molecule has 1 N–H and O–H groups in total. The summed E-state index contributed by atoms with van der Waals surface area (Å²) in [7, 11) is 0. The number of aromatic nitrogens is 1. The van der Waals surface area contributed by atoms with Crippen molar-refractivity contribution in [3.63, 3.8) is 0 Å². The number of benzene rings is 3. The molecule has 40 heavy (non-hydrogen) atoms. The van der Waals surface area contributed by atoms with Gasteiger partial charge in [0.2, 0.25) is 17.7 Å². The highest BCUT2D eigenvalue weighted by Crippen LogP contribution is 2.53. The molecule has 0 radical (unpaired) electrons. The molecule has 6 rings (SSSR count). The predicted molar refractivity (Wildman–Crippen MR) is 159 cm³/mol. The maximum absolute atomic E-state index is 13.8. The Balaban J connectivity index is 1.39. The van der Waals surface area contributed by atoms with E-state index in [-0.39, 0.29) is 28.3 Å².